The molecular formula is C20H22FN5O3. The number of benzene rings is 1. The average molecular weight is 399 g/mol. The van der Waals surface area contributed by atoms with Crippen molar-refractivity contribution in [3.05, 3.63) is 63.2 Å². The summed E-state index contributed by atoms with van der Waals surface area (Å²) in [4.78, 5) is 28.9. The Morgan fingerprint density at radius 3 is 2.66 bits per heavy atom. The van der Waals surface area contributed by atoms with E-state index in [4.69, 9.17) is 9.84 Å². The fraction of sp³-hybridized carbons (Fsp3) is 0.350. The molecule has 0 radical (unpaired) electrons. The van der Waals surface area contributed by atoms with Gasteiger partial charge in [-0.2, -0.15) is 5.10 Å². The van der Waals surface area contributed by atoms with Gasteiger partial charge in [0.1, 0.15) is 11.6 Å². The Bertz CT molecular complexity index is 1120. The van der Waals surface area contributed by atoms with E-state index in [-0.39, 0.29) is 18.1 Å². The number of fused-ring (bicyclic) bond motifs is 1. The largest absolute Gasteiger partial charge is 0.450 e. The molecular weight excluding hydrogens is 377 g/mol. The van der Waals surface area contributed by atoms with Gasteiger partial charge < -0.3 is 14.6 Å². The maximum Gasteiger partial charge on any atom is 0.410 e. The lowest BCUT2D eigenvalue weighted by Crippen LogP contribution is -2.36. The van der Waals surface area contributed by atoms with E-state index in [1.54, 1.807) is 54.9 Å². The molecule has 9 heteroatoms. The van der Waals surface area contributed by atoms with E-state index in [0.29, 0.717) is 42.2 Å². The predicted octanol–water partition coefficient (Wildman–Crippen LogP) is 2.62. The summed E-state index contributed by atoms with van der Waals surface area (Å²) < 4.78 is 22.4. The Labute approximate surface area is 166 Å². The molecule has 0 unspecified atom stereocenters. The van der Waals surface area contributed by atoms with Crippen LogP contribution in [0.2, 0.25) is 0 Å². The van der Waals surface area contributed by atoms with Gasteiger partial charge in [-0.05, 0) is 44.0 Å². The Balaban J connectivity index is 1.89. The maximum atomic E-state index is 14.2. The molecule has 1 N–H and O–H groups in total. The topological polar surface area (TPSA) is 85.2 Å². The number of aromatic nitrogens is 4. The number of carbonyl (C=O) groups excluding carboxylic acids is 1. The van der Waals surface area contributed by atoms with Crippen molar-refractivity contribution in [2.24, 2.45) is 0 Å². The van der Waals surface area contributed by atoms with E-state index < -0.39 is 6.09 Å². The normalized spacial score (nSPS) is 13.4. The standard InChI is InChI=1S/C20H22FN5O3/c1-4-29-20(28)24-7-5-16-15(11-24)18(25-8-6-22-19(25)27)26(23-16)14-9-12(2)17(21)13(3)10-14/h6,8-10H,4-5,7,11H2,1-3H3,(H,22,27). The van der Waals surface area contributed by atoms with Crippen LogP contribution in [0, 0.1) is 19.7 Å². The quantitative estimate of drug-likeness (QED) is 0.734. The number of nitrogens with zero attached hydrogens (tertiary/aromatic N) is 4. The first-order chi connectivity index (χ1) is 13.9. The Hall–Kier alpha value is -3.36. The minimum Gasteiger partial charge on any atom is -0.450 e. The number of rotatable bonds is 3. The number of H-pyrrole nitrogens is 1. The highest BCUT2D eigenvalue weighted by molar-refractivity contribution is 5.68. The third-order valence-electron chi connectivity index (χ3n) is 5.08. The zero-order valence-electron chi connectivity index (χ0n) is 16.5. The van der Waals surface area contributed by atoms with Crippen LogP contribution in [0.15, 0.2) is 29.3 Å². The lowest BCUT2D eigenvalue weighted by molar-refractivity contribution is 0.102. The second kappa shape index (κ2) is 7.23. The number of hydrogen-bond donors (Lipinski definition) is 1. The van der Waals surface area contributed by atoms with E-state index >= 15 is 0 Å². The van der Waals surface area contributed by atoms with E-state index in [0.717, 1.165) is 11.3 Å². The molecule has 29 heavy (non-hydrogen) atoms. The summed E-state index contributed by atoms with van der Waals surface area (Å²) in [6.45, 7) is 6.20. The molecule has 1 aromatic carbocycles. The van der Waals surface area contributed by atoms with Gasteiger partial charge in [0.15, 0.2) is 0 Å². The van der Waals surface area contributed by atoms with Gasteiger partial charge in [-0.25, -0.2) is 18.7 Å². The number of aromatic amines is 1. The molecule has 152 valence electrons. The third kappa shape index (κ3) is 3.22. The summed E-state index contributed by atoms with van der Waals surface area (Å²) in [7, 11) is 0. The molecule has 0 spiro atoms. The second-order valence-electron chi connectivity index (χ2n) is 7.06. The van der Waals surface area contributed by atoms with Gasteiger partial charge in [-0.3, -0.25) is 4.57 Å². The molecule has 8 nitrogen and oxygen atoms in total. The van der Waals surface area contributed by atoms with Crippen molar-refractivity contribution in [1.82, 2.24) is 24.2 Å². The highest BCUT2D eigenvalue weighted by atomic mass is 19.1. The molecule has 2 aromatic heterocycles. The average Bonchev–Trinajstić information content (AvgIpc) is 3.28. The van der Waals surface area contributed by atoms with E-state index in [2.05, 4.69) is 4.98 Å². The van der Waals surface area contributed by atoms with E-state index in [9.17, 15) is 14.0 Å². The van der Waals surface area contributed by atoms with Crippen LogP contribution in [0.5, 0.6) is 0 Å². The molecule has 1 aliphatic rings. The first kappa shape index (κ1) is 19.0. The first-order valence-corrected chi connectivity index (χ1v) is 9.46. The Morgan fingerprint density at radius 1 is 1.31 bits per heavy atom. The van der Waals surface area contributed by atoms with Crippen molar-refractivity contribution >= 4 is 6.09 Å². The summed E-state index contributed by atoms with van der Waals surface area (Å²) in [5.41, 5.74) is 2.89. The van der Waals surface area contributed by atoms with Crippen LogP contribution in [0.3, 0.4) is 0 Å². The van der Waals surface area contributed by atoms with Crippen LogP contribution in [-0.2, 0) is 17.7 Å². The SMILES string of the molecule is CCOC(=O)N1CCc2nn(-c3cc(C)c(F)c(C)c3)c(-n3cc[nH]c3=O)c2C1. The highest BCUT2D eigenvalue weighted by Crippen LogP contribution is 2.29. The maximum absolute atomic E-state index is 14.2. The number of hydrogen-bond acceptors (Lipinski definition) is 4. The lowest BCUT2D eigenvalue weighted by Gasteiger charge is -2.25. The van der Waals surface area contributed by atoms with Crippen LogP contribution in [0.4, 0.5) is 9.18 Å². The predicted molar refractivity (Wildman–Crippen MR) is 104 cm³/mol. The van der Waals surface area contributed by atoms with Gasteiger partial charge in [0, 0.05) is 30.9 Å². The van der Waals surface area contributed by atoms with Gasteiger partial charge >= 0.3 is 11.8 Å². The Kier molecular flexibility index (Phi) is 4.73. The van der Waals surface area contributed by atoms with Crippen molar-refractivity contribution in [1.29, 1.82) is 0 Å². The van der Waals surface area contributed by atoms with Gasteiger partial charge in [-0.1, -0.05) is 0 Å². The van der Waals surface area contributed by atoms with Gasteiger partial charge in [0.05, 0.1) is 24.5 Å². The highest BCUT2D eigenvalue weighted by Gasteiger charge is 2.30. The molecule has 0 aliphatic carbocycles. The number of halogens is 1. The summed E-state index contributed by atoms with van der Waals surface area (Å²) in [5.74, 6) is 0.269. The van der Waals surface area contributed by atoms with E-state index in [1.807, 2.05) is 0 Å². The summed E-state index contributed by atoms with van der Waals surface area (Å²) in [6, 6.07) is 3.40. The fourth-order valence-corrected chi connectivity index (χ4v) is 3.69. The molecule has 0 bridgehead atoms. The molecule has 3 heterocycles. The summed E-state index contributed by atoms with van der Waals surface area (Å²) in [6.07, 6.45) is 3.29. The molecule has 0 saturated heterocycles. The van der Waals surface area contributed by atoms with Crippen LogP contribution < -0.4 is 5.69 Å². The van der Waals surface area contributed by atoms with Crippen LogP contribution >= 0.6 is 0 Å². The molecule has 0 saturated carbocycles. The molecule has 3 aromatic rings. The Morgan fingerprint density at radius 2 is 2.03 bits per heavy atom. The smallest absolute Gasteiger partial charge is 0.410 e. The van der Waals surface area contributed by atoms with Gasteiger partial charge in [0.2, 0.25) is 0 Å². The minimum absolute atomic E-state index is 0.264. The van der Waals surface area contributed by atoms with E-state index in [1.165, 1.54) is 4.57 Å². The zero-order valence-corrected chi connectivity index (χ0v) is 16.5. The minimum atomic E-state index is -0.397. The molecule has 0 fully saturated rings. The van der Waals surface area contributed by atoms with Crippen molar-refractivity contribution in [3.63, 3.8) is 0 Å². The lowest BCUT2D eigenvalue weighted by atomic mass is 10.1. The fourth-order valence-electron chi connectivity index (χ4n) is 3.69. The number of carbonyl (C=O) groups is 1. The van der Waals surface area contributed by atoms with Crippen molar-refractivity contribution < 1.29 is 13.9 Å². The van der Waals surface area contributed by atoms with Crippen molar-refractivity contribution in [3.8, 4) is 11.5 Å². The number of amides is 1. The van der Waals surface area contributed by atoms with Gasteiger partial charge in [-0.15, -0.1) is 0 Å². The molecule has 4 rings (SSSR count). The van der Waals surface area contributed by atoms with Gasteiger partial charge in [0.25, 0.3) is 0 Å². The second-order valence-corrected chi connectivity index (χ2v) is 7.06. The number of imidazole rings is 1. The number of ether oxygens (including phenoxy) is 1. The van der Waals surface area contributed by atoms with Crippen LogP contribution in [-0.4, -0.2) is 43.5 Å². The van der Waals surface area contributed by atoms with Crippen molar-refractivity contribution in [2.75, 3.05) is 13.2 Å². The van der Waals surface area contributed by atoms with Crippen LogP contribution in [0.1, 0.15) is 29.3 Å². The van der Waals surface area contributed by atoms with Crippen molar-refractivity contribution in [2.45, 2.75) is 33.7 Å². The first-order valence-electron chi connectivity index (χ1n) is 9.46. The number of aryl methyl sites for hydroxylation is 2. The summed E-state index contributed by atoms with van der Waals surface area (Å²) >= 11 is 0. The molecule has 1 amide bonds. The van der Waals surface area contributed by atoms with Crippen LogP contribution in [0.25, 0.3) is 11.5 Å². The zero-order chi connectivity index (χ0) is 20.7. The molecule has 1 aliphatic heterocycles. The summed E-state index contributed by atoms with van der Waals surface area (Å²) in [5, 5.41) is 4.71. The molecule has 0 atom stereocenters. The third-order valence-corrected chi connectivity index (χ3v) is 5.08. The number of nitrogens with one attached hydrogen (secondary N) is 1. The monoisotopic (exact) mass is 399 g/mol.